The molecular weight excluding hydrogens is 1520 g/mol. The maximum absolute atomic E-state index is 13.8. The lowest BCUT2D eigenvalue weighted by molar-refractivity contribution is -0.141. The molecule has 41 heteroatoms. The highest BCUT2D eigenvalue weighted by Gasteiger charge is 2.32. The van der Waals surface area contributed by atoms with Gasteiger partial charge in [0, 0.05) is 94.2 Å². The second-order valence-electron chi connectivity index (χ2n) is 25.6. The van der Waals surface area contributed by atoms with Crippen molar-refractivity contribution in [2.75, 3.05) is 152 Å². The molecule has 0 saturated carbocycles. The van der Waals surface area contributed by atoms with Crippen LogP contribution in [0.1, 0.15) is 61.6 Å². The zero-order chi connectivity index (χ0) is 83.7. The van der Waals surface area contributed by atoms with Crippen molar-refractivity contribution in [3.8, 4) is 23.0 Å². The van der Waals surface area contributed by atoms with Gasteiger partial charge >= 0.3 is 5.97 Å². The first-order valence-corrected chi connectivity index (χ1v) is 37.0. The lowest BCUT2D eigenvalue weighted by atomic mass is 10.0. The molecule has 13 amide bonds. The number of primary amides is 1. The first-order chi connectivity index (χ1) is 55.3. The number of aliphatic carboxylic acids is 1. The molecule has 0 spiro atoms. The fraction of sp³-hybridized carbons (Fsp3) is 0.514. The van der Waals surface area contributed by atoms with Crippen LogP contribution in [-0.4, -0.2) is 305 Å². The number of carboxylic acids is 1. The minimum Gasteiger partial charge on any atom is -0.504 e. The number of amides is 13. The number of aromatic amines is 1. The van der Waals surface area contributed by atoms with Crippen LogP contribution in [0.4, 0.5) is 0 Å². The number of aromatic hydroxyl groups is 4. The van der Waals surface area contributed by atoms with Crippen LogP contribution < -0.4 is 58.9 Å². The molecule has 2 heterocycles. The standard InChI is InChI=1S/C74H103N13O28/c75-70(103)53(36-47-11-13-57(89)59(91)38-47)83-65(97)45-114-34-30-108-24-19-77-63(95)43-112-32-28-110-26-21-79-71(104)54(37-48-12-14-58(90)60(92)39-48)84-66(98)46-115-35-31-109-25-20-78-64(96)44-113-33-29-111-27-22-80-72(105)56(42-88)86-74(107)55(40-69(101)102)85-73(106)52(9-3-4-18-76-61(93)17-23-87-67(99)15-16-68(87)100)82-62(94)10-5-6-49-41-81-51-8-2-1-7-50(49)51/h1-2,7-8,11-16,38-39,41,52-56,81,88-92H,3-6,9-10,17-37,40,42-46H2,(H2,75,103)(H,76,93)(H,77,95)(H,78,96)(H,79,104)(H,80,105)(H,82,94)(H,83,97)(H,84,98)(H,85,106)(H,86,107)(H,101,102)/t52-,53?,54?,55+,56+/m1/s1. The molecule has 0 saturated heterocycles. The van der Waals surface area contributed by atoms with Gasteiger partial charge in [-0.2, -0.15) is 0 Å². The lowest BCUT2D eigenvalue weighted by Gasteiger charge is -2.24. The third kappa shape index (κ3) is 38.3. The van der Waals surface area contributed by atoms with Gasteiger partial charge < -0.3 is 132 Å². The number of phenols is 4. The number of aryl methyl sites for hydroxylation is 1. The maximum atomic E-state index is 13.8. The van der Waals surface area contributed by atoms with Gasteiger partial charge in [-0.3, -0.25) is 72.0 Å². The third-order valence-corrected chi connectivity index (χ3v) is 16.6. The second-order valence-corrected chi connectivity index (χ2v) is 25.6. The fourth-order valence-corrected chi connectivity index (χ4v) is 10.8. The van der Waals surface area contributed by atoms with E-state index in [0.29, 0.717) is 30.4 Å². The third-order valence-electron chi connectivity index (χ3n) is 16.6. The summed E-state index contributed by atoms with van der Waals surface area (Å²) in [5.74, 6) is -11.6. The summed E-state index contributed by atoms with van der Waals surface area (Å²) in [6.45, 7) is -2.08. The number of para-hydroxylation sites is 1. The van der Waals surface area contributed by atoms with Crippen LogP contribution in [0, 0.1) is 0 Å². The number of phenolic OH excluding ortho intramolecular Hbond substituents is 4. The number of aliphatic hydroxyl groups is 1. The van der Waals surface area contributed by atoms with Crippen LogP contribution in [0.15, 0.2) is 79.0 Å². The smallest absolute Gasteiger partial charge is 0.305 e. The van der Waals surface area contributed by atoms with Crippen molar-refractivity contribution in [2.24, 2.45) is 5.73 Å². The van der Waals surface area contributed by atoms with E-state index >= 15 is 0 Å². The number of nitrogens with one attached hydrogen (secondary N) is 11. The van der Waals surface area contributed by atoms with Gasteiger partial charge in [0.05, 0.1) is 92.3 Å². The van der Waals surface area contributed by atoms with Crippen molar-refractivity contribution in [1.29, 1.82) is 0 Å². The molecule has 19 N–H and O–H groups in total. The summed E-state index contributed by atoms with van der Waals surface area (Å²) in [7, 11) is 0. The van der Waals surface area contributed by atoms with Crippen molar-refractivity contribution in [3.05, 3.63) is 95.7 Å². The Morgan fingerprint density at radius 2 is 0.887 bits per heavy atom. The minimum absolute atomic E-state index is 0.00280. The van der Waals surface area contributed by atoms with Crippen molar-refractivity contribution in [1.82, 2.24) is 63.1 Å². The molecule has 5 atom stereocenters. The van der Waals surface area contributed by atoms with Crippen LogP contribution in [0.2, 0.25) is 0 Å². The number of ether oxygens (including phenoxy) is 8. The molecule has 41 nitrogen and oxygen atoms in total. The number of H-pyrrole nitrogens is 1. The Balaban J connectivity index is 0.881. The zero-order valence-electron chi connectivity index (χ0n) is 63.4. The summed E-state index contributed by atoms with van der Waals surface area (Å²) < 4.78 is 43.1. The quantitative estimate of drug-likeness (QED) is 0.0112. The molecule has 5 rings (SSSR count). The Labute approximate surface area is 660 Å². The predicted molar refractivity (Wildman–Crippen MR) is 402 cm³/mol. The summed E-state index contributed by atoms with van der Waals surface area (Å²) >= 11 is 0. The number of nitrogens with zero attached hydrogens (tertiary/aromatic N) is 1. The van der Waals surface area contributed by atoms with Gasteiger partial charge in [0.2, 0.25) is 65.0 Å². The van der Waals surface area contributed by atoms with Gasteiger partial charge in [-0.1, -0.05) is 30.3 Å². The van der Waals surface area contributed by atoms with Gasteiger partial charge in [-0.25, -0.2) is 0 Å². The Morgan fingerprint density at radius 1 is 0.435 bits per heavy atom. The molecule has 1 aromatic heterocycles. The number of aliphatic hydroxyl groups excluding tert-OH is 1. The lowest BCUT2D eigenvalue weighted by Crippen LogP contribution is -2.58. The molecule has 4 aromatic rings. The molecule has 632 valence electrons. The topological polar surface area (TPSA) is 600 Å². The van der Waals surface area contributed by atoms with Gasteiger partial charge in [0.1, 0.15) is 56.6 Å². The molecular formula is C74H103N13O28. The summed E-state index contributed by atoms with van der Waals surface area (Å²) in [6, 6.07) is 8.57. The number of unbranched alkanes of at least 4 members (excludes halogenated alkanes) is 1. The summed E-state index contributed by atoms with van der Waals surface area (Å²) in [5.41, 5.74) is 8.15. The van der Waals surface area contributed by atoms with Crippen molar-refractivity contribution in [2.45, 2.75) is 94.4 Å². The van der Waals surface area contributed by atoms with E-state index < -0.39 is 151 Å². The molecule has 1 aliphatic heterocycles. The molecule has 115 heavy (non-hydrogen) atoms. The average molecular weight is 1620 g/mol. The SMILES string of the molecule is NC(=O)C(Cc1ccc(O)c(O)c1)NC(=O)COCCOCCNC(=O)COCCOCCNC(=O)C(Cc1ccc(O)c(O)c1)NC(=O)COCCOCCNC(=O)COCCOCCNC(=O)[C@H](CO)NC(=O)[C@H](CC(=O)O)NC(=O)[C@@H](CCCCNC(=O)CCN1C(=O)C=CC1=O)NC(=O)CCCc1c[nH]c2ccccc12. The molecule has 2 unspecified atom stereocenters. The monoisotopic (exact) mass is 1620 g/mol. The van der Waals surface area contributed by atoms with Crippen molar-refractivity contribution < 1.29 is 136 Å². The van der Waals surface area contributed by atoms with E-state index in [4.69, 9.17) is 43.6 Å². The second kappa shape index (κ2) is 53.5. The Hall–Kier alpha value is -11.4. The highest BCUT2D eigenvalue weighted by molar-refractivity contribution is 6.13. The van der Waals surface area contributed by atoms with Gasteiger partial charge in [-0.15, -0.1) is 0 Å². The number of aromatic nitrogens is 1. The van der Waals surface area contributed by atoms with Crippen molar-refractivity contribution >= 4 is 93.7 Å². The molecule has 1 aliphatic rings. The van der Waals surface area contributed by atoms with Crippen LogP contribution in [0.3, 0.4) is 0 Å². The number of fused-ring (bicyclic) bond motifs is 1. The number of carbonyl (C=O) groups is 14. The van der Waals surface area contributed by atoms with Crippen LogP contribution >= 0.6 is 0 Å². The molecule has 0 bridgehead atoms. The number of nitrogens with two attached hydrogens (primary N) is 1. The maximum Gasteiger partial charge on any atom is 0.305 e. The van der Waals surface area contributed by atoms with Crippen LogP contribution in [0.25, 0.3) is 10.9 Å². The summed E-state index contributed by atoms with van der Waals surface area (Å²) in [5, 5.41) is 85.0. The molecule has 0 fully saturated rings. The van der Waals surface area contributed by atoms with Crippen molar-refractivity contribution in [3.63, 3.8) is 0 Å². The highest BCUT2D eigenvalue weighted by Crippen LogP contribution is 2.27. The molecule has 0 aliphatic carbocycles. The van der Waals surface area contributed by atoms with E-state index in [0.717, 1.165) is 33.5 Å². The van der Waals surface area contributed by atoms with E-state index in [9.17, 15) is 97.8 Å². The Bertz CT molecular complexity index is 3860. The fourth-order valence-electron chi connectivity index (χ4n) is 10.8. The number of hydrogen-bond acceptors (Lipinski definition) is 27. The number of benzene rings is 3. The number of carboxylic acid groups (broad SMARTS) is 1. The summed E-state index contributed by atoms with van der Waals surface area (Å²) in [6.07, 6.45) is 4.27. The Kier molecular flexibility index (Phi) is 43.8. The normalized spacial score (nSPS) is 13.0. The zero-order valence-corrected chi connectivity index (χ0v) is 63.4. The van der Waals surface area contributed by atoms with Gasteiger partial charge in [-0.05, 0) is 79.1 Å². The highest BCUT2D eigenvalue weighted by atomic mass is 16.5. The van der Waals surface area contributed by atoms with Crippen LogP contribution in [-0.2, 0) is 124 Å². The number of rotatable bonds is 61. The first kappa shape index (κ1) is 94.2. The largest absolute Gasteiger partial charge is 0.504 e. The van der Waals surface area contributed by atoms with E-state index in [1.54, 1.807) is 0 Å². The minimum atomic E-state index is -1.78. The van der Waals surface area contributed by atoms with E-state index in [2.05, 4.69) is 58.2 Å². The average Bonchev–Trinajstić information content (AvgIpc) is 1.75. The van der Waals surface area contributed by atoms with Crippen LogP contribution in [0.5, 0.6) is 23.0 Å². The number of imide groups is 1. The number of carbonyl (C=O) groups excluding carboxylic acids is 13. The predicted octanol–water partition coefficient (Wildman–Crippen LogP) is -4.63. The molecule has 0 radical (unpaired) electrons. The summed E-state index contributed by atoms with van der Waals surface area (Å²) in [4.78, 5) is 181. The van der Waals surface area contributed by atoms with E-state index in [-0.39, 0.29) is 182 Å². The Morgan fingerprint density at radius 3 is 1.40 bits per heavy atom. The number of hydrogen-bond donors (Lipinski definition) is 18. The van der Waals surface area contributed by atoms with E-state index in [1.165, 1.54) is 36.4 Å². The van der Waals surface area contributed by atoms with E-state index in [1.807, 2.05) is 30.5 Å². The van der Waals surface area contributed by atoms with Gasteiger partial charge in [0.25, 0.3) is 11.8 Å². The van der Waals surface area contributed by atoms with Gasteiger partial charge in [0.15, 0.2) is 23.0 Å². The first-order valence-electron chi connectivity index (χ1n) is 37.0. The molecule has 3 aromatic carbocycles.